The molecule has 0 aromatic rings. The molecule has 1 saturated heterocycles. The van der Waals surface area contributed by atoms with Crippen molar-refractivity contribution in [3.8, 4) is 0 Å². The molecule has 1 aliphatic rings. The third-order valence-electron chi connectivity index (χ3n) is 5.53. The molecule has 2 N–H and O–H groups in total. The fraction of sp³-hybridized carbons (Fsp3) is 0.750. The van der Waals surface area contributed by atoms with Crippen molar-refractivity contribution in [1.29, 1.82) is 0 Å². The highest BCUT2D eigenvalue weighted by Crippen LogP contribution is 2.28. The zero-order valence-corrected chi connectivity index (χ0v) is 18.4. The normalized spacial score (nSPS) is 20.2. The Kier molecular flexibility index (Phi) is 11.3. The molecule has 0 aliphatic carbocycles. The van der Waals surface area contributed by atoms with Crippen molar-refractivity contribution in [2.45, 2.75) is 31.2 Å². The Morgan fingerprint density at radius 1 is 0.968 bits per heavy atom. The molecule has 11 heteroatoms. The van der Waals surface area contributed by atoms with E-state index >= 15 is 0 Å². The summed E-state index contributed by atoms with van der Waals surface area (Å²) in [6.45, 7) is 0.825. The first-order valence-corrected chi connectivity index (χ1v) is 10.3. The fourth-order valence-electron chi connectivity index (χ4n) is 4.06. The van der Waals surface area contributed by atoms with Gasteiger partial charge in [-0.2, -0.15) is 0 Å². The molecule has 0 saturated carbocycles. The zero-order chi connectivity index (χ0) is 23.4. The average molecular weight is 443 g/mol. The number of aliphatic carboxylic acids is 2. The van der Waals surface area contributed by atoms with Crippen LogP contribution in [-0.4, -0.2) is 132 Å². The molecule has 1 unspecified atom stereocenters. The number of carbonyl (C=O) groups is 5. The SMILES string of the molecule is CN(C)C(=O)CCCCC1(N(CC=O)CC(=O)O)CN(CC=O)CCN(CC(=O)O)C1. The van der Waals surface area contributed by atoms with Crippen molar-refractivity contribution in [3.63, 3.8) is 0 Å². The highest BCUT2D eigenvalue weighted by atomic mass is 16.4. The summed E-state index contributed by atoms with van der Waals surface area (Å²) >= 11 is 0. The predicted octanol–water partition coefficient (Wildman–Crippen LogP) is -1.14. The number of unbranched alkanes of at least 4 members (excludes halogenated alkanes) is 1. The monoisotopic (exact) mass is 442 g/mol. The second-order valence-corrected chi connectivity index (χ2v) is 8.17. The lowest BCUT2D eigenvalue weighted by molar-refractivity contribution is -0.143. The van der Waals surface area contributed by atoms with Crippen LogP contribution < -0.4 is 0 Å². The second kappa shape index (κ2) is 13.1. The third-order valence-corrected chi connectivity index (χ3v) is 5.53. The summed E-state index contributed by atoms with van der Waals surface area (Å²) in [5.74, 6) is -2.12. The van der Waals surface area contributed by atoms with Crippen LogP contribution in [0.3, 0.4) is 0 Å². The van der Waals surface area contributed by atoms with E-state index in [4.69, 9.17) is 0 Å². The van der Waals surface area contributed by atoms with Gasteiger partial charge in [-0.05, 0) is 12.8 Å². The van der Waals surface area contributed by atoms with Gasteiger partial charge in [0.15, 0.2) is 0 Å². The van der Waals surface area contributed by atoms with Gasteiger partial charge in [0.05, 0.1) is 26.2 Å². The van der Waals surface area contributed by atoms with Crippen molar-refractivity contribution in [3.05, 3.63) is 0 Å². The number of hydrogen-bond donors (Lipinski definition) is 2. The van der Waals surface area contributed by atoms with Gasteiger partial charge in [0.25, 0.3) is 0 Å². The molecule has 1 fully saturated rings. The van der Waals surface area contributed by atoms with Crippen LogP contribution >= 0.6 is 0 Å². The summed E-state index contributed by atoms with van der Waals surface area (Å²) in [5.41, 5.74) is -0.852. The lowest BCUT2D eigenvalue weighted by Gasteiger charge is -2.45. The number of aldehydes is 2. The van der Waals surface area contributed by atoms with Crippen molar-refractivity contribution in [2.75, 3.05) is 66.5 Å². The molecule has 1 amide bonds. The van der Waals surface area contributed by atoms with E-state index in [2.05, 4.69) is 0 Å². The van der Waals surface area contributed by atoms with Gasteiger partial charge in [-0.25, -0.2) is 0 Å². The molecular formula is C20H34N4O7. The van der Waals surface area contributed by atoms with Gasteiger partial charge < -0.3 is 24.7 Å². The lowest BCUT2D eigenvalue weighted by atomic mass is 9.88. The Morgan fingerprint density at radius 3 is 2.16 bits per heavy atom. The van der Waals surface area contributed by atoms with E-state index in [1.165, 1.54) is 4.90 Å². The molecule has 11 nitrogen and oxygen atoms in total. The molecule has 1 rings (SSSR count). The van der Waals surface area contributed by atoms with Gasteiger partial charge in [-0.3, -0.25) is 29.1 Å². The van der Waals surface area contributed by atoms with Crippen LogP contribution in [-0.2, 0) is 24.0 Å². The molecule has 176 valence electrons. The van der Waals surface area contributed by atoms with Crippen LogP contribution in [0.4, 0.5) is 0 Å². The molecule has 0 aromatic carbocycles. The molecular weight excluding hydrogens is 408 g/mol. The van der Waals surface area contributed by atoms with Crippen LogP contribution in [0.1, 0.15) is 25.7 Å². The third kappa shape index (κ3) is 9.11. The number of carbonyl (C=O) groups excluding carboxylic acids is 3. The maximum absolute atomic E-state index is 11.9. The maximum Gasteiger partial charge on any atom is 0.317 e. The van der Waals surface area contributed by atoms with Crippen molar-refractivity contribution < 1.29 is 34.2 Å². The smallest absolute Gasteiger partial charge is 0.317 e. The van der Waals surface area contributed by atoms with E-state index in [0.717, 1.165) is 6.29 Å². The summed E-state index contributed by atoms with van der Waals surface area (Å²) in [5, 5.41) is 18.7. The van der Waals surface area contributed by atoms with Crippen LogP contribution in [0.25, 0.3) is 0 Å². The summed E-state index contributed by atoms with van der Waals surface area (Å²) in [4.78, 5) is 64.0. The van der Waals surface area contributed by atoms with Gasteiger partial charge in [0, 0.05) is 52.2 Å². The Hall–Kier alpha value is -2.37. The van der Waals surface area contributed by atoms with E-state index in [9.17, 15) is 34.2 Å². The van der Waals surface area contributed by atoms with E-state index in [1.807, 2.05) is 4.90 Å². The molecule has 31 heavy (non-hydrogen) atoms. The minimum Gasteiger partial charge on any atom is -0.480 e. The number of amides is 1. The molecule has 0 spiro atoms. The van der Waals surface area contributed by atoms with Crippen LogP contribution in [0.2, 0.25) is 0 Å². The standard InChI is InChI=1S/C20H34N4O7/c1-21(2)17(27)5-3-4-6-20(24(10-12-26)14-19(30)31)15-22(9-11-25)7-8-23(16-20)13-18(28)29/h11-12H,3-10,13-16H2,1-2H3,(H,28,29)(H,30,31). The van der Waals surface area contributed by atoms with E-state index in [0.29, 0.717) is 51.6 Å². The van der Waals surface area contributed by atoms with Gasteiger partial charge in [-0.1, -0.05) is 6.42 Å². The first-order valence-electron chi connectivity index (χ1n) is 10.3. The fourth-order valence-corrected chi connectivity index (χ4v) is 4.06. The lowest BCUT2D eigenvalue weighted by Crippen LogP contribution is -2.61. The molecule has 0 radical (unpaired) electrons. The number of carboxylic acids is 2. The Morgan fingerprint density at radius 2 is 1.61 bits per heavy atom. The van der Waals surface area contributed by atoms with Crippen LogP contribution in [0.15, 0.2) is 0 Å². The predicted molar refractivity (Wildman–Crippen MR) is 112 cm³/mol. The summed E-state index contributed by atoms with van der Waals surface area (Å²) in [6.07, 6.45) is 3.36. The molecule has 0 aromatic heterocycles. The van der Waals surface area contributed by atoms with Gasteiger partial charge in [-0.15, -0.1) is 0 Å². The number of hydrogen-bond acceptors (Lipinski definition) is 8. The summed E-state index contributed by atoms with van der Waals surface area (Å²) < 4.78 is 0. The Bertz CT molecular complexity index is 643. The summed E-state index contributed by atoms with van der Waals surface area (Å²) in [6, 6.07) is 0. The number of carboxylic acid groups (broad SMARTS) is 2. The van der Waals surface area contributed by atoms with Gasteiger partial charge in [0.2, 0.25) is 5.91 Å². The maximum atomic E-state index is 11.9. The minimum absolute atomic E-state index is 0.0136. The second-order valence-electron chi connectivity index (χ2n) is 8.17. The number of rotatable bonds is 14. The summed E-state index contributed by atoms with van der Waals surface area (Å²) in [7, 11) is 3.35. The van der Waals surface area contributed by atoms with Crippen molar-refractivity contribution in [1.82, 2.24) is 19.6 Å². The van der Waals surface area contributed by atoms with E-state index < -0.39 is 17.5 Å². The largest absolute Gasteiger partial charge is 0.480 e. The highest BCUT2D eigenvalue weighted by Gasteiger charge is 2.42. The van der Waals surface area contributed by atoms with Crippen LogP contribution in [0.5, 0.6) is 0 Å². The first-order chi connectivity index (χ1) is 14.6. The zero-order valence-electron chi connectivity index (χ0n) is 18.4. The van der Waals surface area contributed by atoms with Crippen molar-refractivity contribution >= 4 is 30.4 Å². The quantitative estimate of drug-likeness (QED) is 0.251. The van der Waals surface area contributed by atoms with Gasteiger partial charge in [0.1, 0.15) is 12.6 Å². The molecule has 1 heterocycles. The Balaban J connectivity index is 3.20. The minimum atomic E-state index is -1.10. The molecule has 1 aliphatic heterocycles. The van der Waals surface area contributed by atoms with Crippen LogP contribution in [0, 0.1) is 0 Å². The van der Waals surface area contributed by atoms with Crippen molar-refractivity contribution in [2.24, 2.45) is 0 Å². The molecule has 1 atom stereocenters. The van der Waals surface area contributed by atoms with E-state index in [1.54, 1.807) is 23.9 Å². The highest BCUT2D eigenvalue weighted by molar-refractivity contribution is 5.75. The topological polar surface area (TPSA) is 139 Å². The van der Waals surface area contributed by atoms with E-state index in [-0.39, 0.29) is 38.6 Å². The average Bonchev–Trinajstić information content (AvgIpc) is 2.84. The Labute approximate surface area is 182 Å². The first kappa shape index (κ1) is 26.7. The number of nitrogens with zero attached hydrogens (tertiary/aromatic N) is 4. The molecule has 0 bridgehead atoms. The van der Waals surface area contributed by atoms with Gasteiger partial charge >= 0.3 is 11.9 Å².